The van der Waals surface area contributed by atoms with E-state index in [0.29, 0.717) is 5.82 Å². The van der Waals surface area contributed by atoms with Crippen molar-refractivity contribution in [1.82, 2.24) is 35.8 Å². The molecule has 2 aromatic carbocycles. The van der Waals surface area contributed by atoms with E-state index in [0.717, 1.165) is 35.2 Å². The van der Waals surface area contributed by atoms with Gasteiger partial charge in [-0.15, -0.1) is 10.2 Å². The summed E-state index contributed by atoms with van der Waals surface area (Å²) in [5, 5.41) is 22.0. The lowest BCUT2D eigenvalue weighted by atomic mass is 10.1. The fraction of sp³-hybridized carbons (Fsp3) is 0.188. The predicted octanol–water partition coefficient (Wildman–Crippen LogP) is 2.03. The van der Waals surface area contributed by atoms with E-state index in [-0.39, 0.29) is 0 Å². The number of rotatable bonds is 5. The summed E-state index contributed by atoms with van der Waals surface area (Å²) < 4.78 is 4.82. The summed E-state index contributed by atoms with van der Waals surface area (Å²) in [6.45, 7) is 1.53. The lowest BCUT2D eigenvalue weighted by molar-refractivity contribution is 0.310. The highest BCUT2D eigenvalue weighted by atomic mass is 16.6. The van der Waals surface area contributed by atoms with E-state index >= 15 is 0 Å². The van der Waals surface area contributed by atoms with Crippen molar-refractivity contribution in [3.05, 3.63) is 53.6 Å². The number of nitrogens with one attached hydrogen (secondary N) is 1. The largest absolute Gasteiger partial charge is 0.298 e. The molecule has 4 rings (SSSR count). The van der Waals surface area contributed by atoms with E-state index < -0.39 is 0 Å². The first-order valence-electron chi connectivity index (χ1n) is 7.51. The Hall–Kier alpha value is -3.13. The number of aromatic amines is 1. The molecule has 0 unspecified atom stereocenters. The Bertz CT molecular complexity index is 948. The fourth-order valence-electron chi connectivity index (χ4n) is 2.74. The van der Waals surface area contributed by atoms with Crippen molar-refractivity contribution in [2.75, 3.05) is 7.05 Å². The normalized spacial score (nSPS) is 11.4. The number of fused-ring (bicyclic) bond motifs is 1. The molecule has 0 fully saturated rings. The molecule has 0 aliphatic rings. The van der Waals surface area contributed by atoms with Crippen LogP contribution in [0.4, 0.5) is 0 Å². The third-order valence-electron chi connectivity index (χ3n) is 3.79. The Kier molecular flexibility index (Phi) is 3.72. The number of benzene rings is 2. The van der Waals surface area contributed by atoms with Gasteiger partial charge in [0.2, 0.25) is 5.82 Å². The molecule has 0 aliphatic heterocycles. The van der Waals surface area contributed by atoms with Crippen LogP contribution in [0.5, 0.6) is 0 Å². The van der Waals surface area contributed by atoms with Gasteiger partial charge in [-0.25, -0.2) is 4.63 Å². The van der Waals surface area contributed by atoms with Crippen LogP contribution >= 0.6 is 0 Å². The lowest BCUT2D eigenvalue weighted by Crippen LogP contribution is -2.17. The number of aromatic nitrogens is 6. The zero-order valence-corrected chi connectivity index (χ0v) is 13.0. The lowest BCUT2D eigenvalue weighted by Gasteiger charge is -2.17. The van der Waals surface area contributed by atoms with Crippen LogP contribution in [-0.2, 0) is 13.1 Å². The highest BCUT2D eigenvalue weighted by Crippen LogP contribution is 2.19. The van der Waals surface area contributed by atoms with Crippen molar-refractivity contribution < 1.29 is 4.63 Å². The van der Waals surface area contributed by atoms with Crippen LogP contribution in [0.25, 0.3) is 22.4 Å². The third-order valence-corrected chi connectivity index (χ3v) is 3.79. The molecule has 0 bridgehead atoms. The van der Waals surface area contributed by atoms with Crippen LogP contribution in [-0.4, -0.2) is 42.9 Å². The van der Waals surface area contributed by atoms with Gasteiger partial charge in [-0.3, -0.25) is 4.90 Å². The van der Waals surface area contributed by atoms with Crippen LogP contribution in [0.1, 0.15) is 11.1 Å². The second-order valence-corrected chi connectivity index (χ2v) is 5.66. The first kappa shape index (κ1) is 14.5. The van der Waals surface area contributed by atoms with E-state index in [2.05, 4.69) is 55.0 Å². The molecule has 1 N–H and O–H groups in total. The maximum Gasteiger partial charge on any atom is 0.204 e. The van der Waals surface area contributed by atoms with E-state index in [1.165, 1.54) is 5.56 Å². The molecule has 24 heavy (non-hydrogen) atoms. The Balaban J connectivity index is 1.51. The molecule has 0 aliphatic carbocycles. The molecule has 0 spiro atoms. The number of tetrazole rings is 1. The highest BCUT2D eigenvalue weighted by Gasteiger charge is 2.10. The maximum atomic E-state index is 4.82. The topological polar surface area (TPSA) is 96.6 Å². The van der Waals surface area contributed by atoms with Gasteiger partial charge in [0, 0.05) is 18.7 Å². The van der Waals surface area contributed by atoms with Crippen molar-refractivity contribution in [1.29, 1.82) is 0 Å². The summed E-state index contributed by atoms with van der Waals surface area (Å²) in [5.41, 5.74) is 4.79. The molecule has 4 aromatic rings. The molecule has 8 nitrogen and oxygen atoms in total. The first-order chi connectivity index (χ1) is 11.8. The summed E-state index contributed by atoms with van der Waals surface area (Å²) in [6.07, 6.45) is 0. The van der Waals surface area contributed by atoms with Crippen LogP contribution in [0.2, 0.25) is 0 Å². The molecular formula is C16H15N7O. The van der Waals surface area contributed by atoms with Crippen LogP contribution < -0.4 is 0 Å². The van der Waals surface area contributed by atoms with Gasteiger partial charge in [0.1, 0.15) is 11.0 Å². The third kappa shape index (κ3) is 2.86. The van der Waals surface area contributed by atoms with Gasteiger partial charge in [0.25, 0.3) is 0 Å². The monoisotopic (exact) mass is 321 g/mol. The summed E-state index contributed by atoms with van der Waals surface area (Å²) in [4.78, 5) is 2.21. The maximum absolute atomic E-state index is 4.82. The van der Waals surface area contributed by atoms with Crippen molar-refractivity contribution in [2.24, 2.45) is 0 Å². The Morgan fingerprint density at radius 2 is 2.00 bits per heavy atom. The molecule has 0 amide bonds. The van der Waals surface area contributed by atoms with Gasteiger partial charge >= 0.3 is 0 Å². The van der Waals surface area contributed by atoms with Gasteiger partial charge in [-0.1, -0.05) is 30.3 Å². The van der Waals surface area contributed by atoms with Gasteiger partial charge < -0.3 is 0 Å². The summed E-state index contributed by atoms with van der Waals surface area (Å²) >= 11 is 0. The SMILES string of the molecule is CN(Cc1cccc(-c2nn[nH]n2)c1)Cc1cccc2nonc12. The minimum absolute atomic E-state index is 0.595. The second kappa shape index (κ2) is 6.17. The van der Waals surface area contributed by atoms with Crippen molar-refractivity contribution in [2.45, 2.75) is 13.1 Å². The highest BCUT2D eigenvalue weighted by molar-refractivity contribution is 5.76. The number of hydrogen-bond donors (Lipinski definition) is 1. The minimum atomic E-state index is 0.595. The average Bonchev–Trinajstić information content (AvgIpc) is 3.27. The molecule has 8 heteroatoms. The Morgan fingerprint density at radius 3 is 2.88 bits per heavy atom. The molecule has 120 valence electrons. The molecule has 0 saturated carbocycles. The van der Waals surface area contributed by atoms with E-state index in [4.69, 9.17) is 4.63 Å². The van der Waals surface area contributed by atoms with E-state index in [1.54, 1.807) is 0 Å². The fourth-order valence-corrected chi connectivity index (χ4v) is 2.74. The molecule has 0 saturated heterocycles. The van der Waals surface area contributed by atoms with E-state index in [1.807, 2.05) is 30.3 Å². The van der Waals surface area contributed by atoms with Gasteiger partial charge in [0.15, 0.2) is 0 Å². The minimum Gasteiger partial charge on any atom is -0.298 e. The summed E-state index contributed by atoms with van der Waals surface area (Å²) in [7, 11) is 2.06. The molecular weight excluding hydrogens is 306 g/mol. The van der Waals surface area contributed by atoms with E-state index in [9.17, 15) is 0 Å². The van der Waals surface area contributed by atoms with Gasteiger partial charge in [0.05, 0.1) is 0 Å². The Labute approximate surface area is 137 Å². The zero-order chi connectivity index (χ0) is 16.4. The molecule has 2 heterocycles. The second-order valence-electron chi connectivity index (χ2n) is 5.66. The summed E-state index contributed by atoms with van der Waals surface area (Å²) in [6, 6.07) is 14.0. The van der Waals surface area contributed by atoms with Gasteiger partial charge in [-0.05, 0) is 45.8 Å². The van der Waals surface area contributed by atoms with Crippen molar-refractivity contribution in [3.8, 4) is 11.4 Å². The molecule has 2 aromatic heterocycles. The zero-order valence-electron chi connectivity index (χ0n) is 13.0. The van der Waals surface area contributed by atoms with Crippen LogP contribution in [0.15, 0.2) is 47.1 Å². The number of nitrogens with zero attached hydrogens (tertiary/aromatic N) is 6. The number of hydrogen-bond acceptors (Lipinski definition) is 7. The average molecular weight is 321 g/mol. The van der Waals surface area contributed by atoms with Crippen molar-refractivity contribution in [3.63, 3.8) is 0 Å². The molecule has 0 radical (unpaired) electrons. The summed E-state index contributed by atoms with van der Waals surface area (Å²) in [5.74, 6) is 0.595. The van der Waals surface area contributed by atoms with Crippen LogP contribution in [0.3, 0.4) is 0 Å². The number of H-pyrrole nitrogens is 1. The van der Waals surface area contributed by atoms with Gasteiger partial charge in [-0.2, -0.15) is 5.21 Å². The molecule has 0 atom stereocenters. The smallest absolute Gasteiger partial charge is 0.204 e. The predicted molar refractivity (Wildman–Crippen MR) is 86.6 cm³/mol. The quantitative estimate of drug-likeness (QED) is 0.600. The standard InChI is InChI=1S/C16H15N7O/c1-23(10-13-6-3-7-14-15(13)20-24-19-14)9-11-4-2-5-12(8-11)16-17-21-22-18-16/h2-8H,9-10H2,1H3,(H,17,18,21,22). The van der Waals surface area contributed by atoms with Crippen LogP contribution in [0, 0.1) is 0 Å². The first-order valence-corrected chi connectivity index (χ1v) is 7.51. The van der Waals surface area contributed by atoms with Crippen molar-refractivity contribution >= 4 is 11.0 Å². The Morgan fingerprint density at radius 1 is 1.08 bits per heavy atom.